The molecule has 2 heteroatoms. The fourth-order valence-corrected chi connectivity index (χ4v) is 9.40. The monoisotopic (exact) mass is 282 g/mol. The SMILES string of the molecule is CC(C)(C)[Si](c1ccccc1)(c1ccccc1)C1CO1. The zero-order valence-corrected chi connectivity index (χ0v) is 13.5. The lowest BCUT2D eigenvalue weighted by atomic mass is 10.2. The first-order valence-electron chi connectivity index (χ1n) is 7.29. The molecule has 1 unspecified atom stereocenters. The van der Waals surface area contributed by atoms with Gasteiger partial charge in [0.2, 0.25) is 0 Å². The summed E-state index contributed by atoms with van der Waals surface area (Å²) in [6.07, 6.45) is 0. The van der Waals surface area contributed by atoms with Gasteiger partial charge in [0, 0.05) is 0 Å². The smallest absolute Gasteiger partial charge is 0.157 e. The molecule has 0 saturated carbocycles. The molecule has 0 aliphatic carbocycles. The number of rotatable bonds is 3. The van der Waals surface area contributed by atoms with Gasteiger partial charge in [-0.1, -0.05) is 91.8 Å². The van der Waals surface area contributed by atoms with Gasteiger partial charge < -0.3 is 4.74 Å². The second-order valence-corrected chi connectivity index (χ2v) is 11.5. The van der Waals surface area contributed by atoms with Gasteiger partial charge in [-0.25, -0.2) is 0 Å². The number of epoxide rings is 1. The van der Waals surface area contributed by atoms with E-state index in [9.17, 15) is 0 Å². The third-order valence-electron chi connectivity index (χ3n) is 4.46. The van der Waals surface area contributed by atoms with E-state index in [1.165, 1.54) is 10.4 Å². The first-order valence-corrected chi connectivity index (χ1v) is 9.37. The molecule has 0 amide bonds. The number of benzene rings is 2. The van der Waals surface area contributed by atoms with Crippen LogP contribution in [0.15, 0.2) is 60.7 Å². The van der Waals surface area contributed by atoms with Gasteiger partial charge in [0.15, 0.2) is 8.07 Å². The largest absolute Gasteiger partial charge is 0.376 e. The Kier molecular flexibility index (Phi) is 3.31. The van der Waals surface area contributed by atoms with E-state index in [1.54, 1.807) is 0 Å². The molecule has 0 N–H and O–H groups in total. The molecule has 1 nitrogen and oxygen atoms in total. The summed E-state index contributed by atoms with van der Waals surface area (Å²) in [6, 6.07) is 22.0. The molecule has 104 valence electrons. The van der Waals surface area contributed by atoms with Gasteiger partial charge in [-0.05, 0) is 5.04 Å². The Bertz CT molecular complexity index is 528. The molecule has 1 atom stereocenters. The highest BCUT2D eigenvalue weighted by Crippen LogP contribution is 2.42. The molecule has 2 aromatic carbocycles. The Labute approximate surface area is 122 Å². The maximum atomic E-state index is 5.87. The Morgan fingerprint density at radius 2 is 1.25 bits per heavy atom. The van der Waals surface area contributed by atoms with Crippen molar-refractivity contribution in [2.75, 3.05) is 6.61 Å². The maximum Gasteiger partial charge on any atom is 0.157 e. The van der Waals surface area contributed by atoms with Crippen LogP contribution in [0.4, 0.5) is 0 Å². The highest BCUT2D eigenvalue weighted by Gasteiger charge is 2.58. The van der Waals surface area contributed by atoms with Crippen LogP contribution in [0.1, 0.15) is 20.8 Å². The summed E-state index contributed by atoms with van der Waals surface area (Å²) < 4.78 is 5.87. The predicted octanol–water partition coefficient (Wildman–Crippen LogP) is 2.99. The molecule has 1 aliphatic heterocycles. The molecule has 3 rings (SSSR count). The topological polar surface area (TPSA) is 12.5 Å². The van der Waals surface area contributed by atoms with Crippen molar-refractivity contribution in [1.29, 1.82) is 0 Å². The fourth-order valence-electron chi connectivity index (χ4n) is 3.59. The molecule has 0 radical (unpaired) electrons. The van der Waals surface area contributed by atoms with E-state index in [4.69, 9.17) is 4.74 Å². The van der Waals surface area contributed by atoms with Crippen molar-refractivity contribution >= 4 is 18.4 Å². The van der Waals surface area contributed by atoms with Crippen LogP contribution in [0.2, 0.25) is 5.04 Å². The molecule has 0 bridgehead atoms. The lowest BCUT2D eigenvalue weighted by Gasteiger charge is -2.43. The minimum Gasteiger partial charge on any atom is -0.376 e. The van der Waals surface area contributed by atoms with E-state index in [0.29, 0.717) is 5.73 Å². The van der Waals surface area contributed by atoms with Gasteiger partial charge in [0.25, 0.3) is 0 Å². The first kappa shape index (κ1) is 13.6. The van der Waals surface area contributed by atoms with Gasteiger partial charge in [0.05, 0.1) is 12.3 Å². The van der Waals surface area contributed by atoms with Crippen molar-refractivity contribution in [1.82, 2.24) is 0 Å². The van der Waals surface area contributed by atoms with Crippen molar-refractivity contribution < 1.29 is 4.74 Å². The molecule has 2 aromatic rings. The van der Waals surface area contributed by atoms with Crippen molar-refractivity contribution in [2.24, 2.45) is 0 Å². The minimum absolute atomic E-state index is 0.219. The standard InChI is InChI=1S/C18H22OSi/c1-18(2,3)20(17-14-19-17,15-10-6-4-7-11-15)16-12-8-5-9-13-16/h4-13,17H,14H2,1-3H3. The highest BCUT2D eigenvalue weighted by molar-refractivity contribution is 7.05. The second kappa shape index (κ2) is 4.87. The van der Waals surface area contributed by atoms with Gasteiger partial charge in [-0.2, -0.15) is 0 Å². The van der Waals surface area contributed by atoms with E-state index >= 15 is 0 Å². The quantitative estimate of drug-likeness (QED) is 0.623. The molecule has 20 heavy (non-hydrogen) atoms. The normalized spacial score (nSPS) is 18.9. The summed E-state index contributed by atoms with van der Waals surface area (Å²) in [5.41, 5.74) is 0.410. The van der Waals surface area contributed by atoms with E-state index in [1.807, 2.05) is 0 Å². The van der Waals surface area contributed by atoms with Gasteiger partial charge in [-0.3, -0.25) is 0 Å². The Morgan fingerprint density at radius 1 is 0.850 bits per heavy atom. The fraction of sp³-hybridized carbons (Fsp3) is 0.333. The Balaban J connectivity index is 2.27. The van der Waals surface area contributed by atoms with E-state index < -0.39 is 8.07 Å². The van der Waals surface area contributed by atoms with E-state index in [0.717, 1.165) is 6.61 Å². The van der Waals surface area contributed by atoms with Crippen molar-refractivity contribution in [3.63, 3.8) is 0 Å². The van der Waals surface area contributed by atoms with Crippen LogP contribution < -0.4 is 10.4 Å². The number of hydrogen-bond acceptors (Lipinski definition) is 1. The second-order valence-electron chi connectivity index (χ2n) is 6.61. The van der Waals surface area contributed by atoms with Crippen LogP contribution >= 0.6 is 0 Å². The molecule has 0 aromatic heterocycles. The van der Waals surface area contributed by atoms with Crippen LogP contribution in [-0.4, -0.2) is 20.4 Å². The molecular weight excluding hydrogens is 260 g/mol. The third-order valence-corrected chi connectivity index (χ3v) is 10.6. The number of ether oxygens (including phenoxy) is 1. The average Bonchev–Trinajstić information content (AvgIpc) is 3.25. The van der Waals surface area contributed by atoms with E-state index in [-0.39, 0.29) is 5.04 Å². The van der Waals surface area contributed by atoms with Crippen LogP contribution in [0, 0.1) is 0 Å². The summed E-state index contributed by atoms with van der Waals surface area (Å²) in [5, 5.41) is 3.19. The summed E-state index contributed by atoms with van der Waals surface area (Å²) in [5.74, 6) is 0. The van der Waals surface area contributed by atoms with Crippen molar-refractivity contribution in [2.45, 2.75) is 31.5 Å². The summed E-state index contributed by atoms with van der Waals surface area (Å²) in [4.78, 5) is 0. The molecule has 1 saturated heterocycles. The lowest BCUT2D eigenvalue weighted by Crippen LogP contribution is -2.68. The molecule has 0 spiro atoms. The molecule has 1 heterocycles. The maximum absolute atomic E-state index is 5.87. The van der Waals surface area contributed by atoms with Crippen LogP contribution in [0.3, 0.4) is 0 Å². The molecule has 1 aliphatic rings. The average molecular weight is 282 g/mol. The highest BCUT2D eigenvalue weighted by atomic mass is 28.3. The van der Waals surface area contributed by atoms with Gasteiger partial charge in [-0.15, -0.1) is 0 Å². The van der Waals surface area contributed by atoms with Crippen LogP contribution in [0.5, 0.6) is 0 Å². The van der Waals surface area contributed by atoms with Crippen LogP contribution in [-0.2, 0) is 4.74 Å². The van der Waals surface area contributed by atoms with Crippen LogP contribution in [0.25, 0.3) is 0 Å². The molecular formula is C18H22OSi. The Hall–Kier alpha value is -1.38. The summed E-state index contributed by atoms with van der Waals surface area (Å²) >= 11 is 0. The predicted molar refractivity (Wildman–Crippen MR) is 87.4 cm³/mol. The van der Waals surface area contributed by atoms with E-state index in [2.05, 4.69) is 81.4 Å². The number of hydrogen-bond donors (Lipinski definition) is 0. The minimum atomic E-state index is -1.94. The summed E-state index contributed by atoms with van der Waals surface area (Å²) in [7, 11) is -1.94. The molecule has 1 fully saturated rings. The van der Waals surface area contributed by atoms with Gasteiger partial charge in [0.1, 0.15) is 0 Å². The zero-order chi connectivity index (χ0) is 14.2. The Morgan fingerprint density at radius 3 is 1.55 bits per heavy atom. The third kappa shape index (κ3) is 2.04. The zero-order valence-electron chi connectivity index (χ0n) is 12.5. The summed E-state index contributed by atoms with van der Waals surface area (Å²) in [6.45, 7) is 8.04. The van der Waals surface area contributed by atoms with Gasteiger partial charge >= 0.3 is 0 Å². The first-order chi connectivity index (χ1) is 9.57. The van der Waals surface area contributed by atoms with Crippen molar-refractivity contribution in [3.8, 4) is 0 Å². The lowest BCUT2D eigenvalue weighted by molar-refractivity contribution is 0.446. The van der Waals surface area contributed by atoms with Crippen molar-refractivity contribution in [3.05, 3.63) is 60.7 Å².